The first-order valence-corrected chi connectivity index (χ1v) is 6.07. The van der Waals surface area contributed by atoms with Crippen LogP contribution in [0.2, 0.25) is 0 Å². The van der Waals surface area contributed by atoms with Crippen molar-refractivity contribution in [3.63, 3.8) is 0 Å². The fourth-order valence-corrected chi connectivity index (χ4v) is 2.32. The van der Waals surface area contributed by atoms with Crippen LogP contribution in [0.4, 0.5) is 0 Å². The molecule has 18 heavy (non-hydrogen) atoms. The predicted octanol–water partition coefficient (Wildman–Crippen LogP) is 2.21. The van der Waals surface area contributed by atoms with Crippen molar-refractivity contribution >= 4 is 0 Å². The van der Waals surface area contributed by atoms with Gasteiger partial charge in [0.15, 0.2) is 0 Å². The van der Waals surface area contributed by atoms with Gasteiger partial charge in [0.1, 0.15) is 5.75 Å². The van der Waals surface area contributed by atoms with Gasteiger partial charge in [-0.15, -0.1) is 0 Å². The molecule has 0 amide bonds. The monoisotopic (exact) mass is 245 g/mol. The number of rotatable bonds is 2. The van der Waals surface area contributed by atoms with Crippen molar-refractivity contribution in [2.24, 2.45) is 0 Å². The molecule has 0 saturated carbocycles. The first kappa shape index (κ1) is 11.2. The topological polar surface area (TPSA) is 62.4 Å². The molecule has 1 saturated heterocycles. The van der Waals surface area contributed by atoms with Crippen molar-refractivity contribution in [2.45, 2.75) is 18.9 Å². The summed E-state index contributed by atoms with van der Waals surface area (Å²) in [6.45, 7) is 1.07. The molecule has 0 aliphatic carbocycles. The minimum atomic E-state index is 0.234. The van der Waals surface area contributed by atoms with Gasteiger partial charge in [-0.2, -0.15) is 4.98 Å². The number of aromatic hydroxyl groups is 1. The Morgan fingerprint density at radius 1 is 1.33 bits per heavy atom. The lowest BCUT2D eigenvalue weighted by Gasteiger charge is -2.14. The van der Waals surface area contributed by atoms with Crippen LogP contribution in [-0.2, 0) is 0 Å². The van der Waals surface area contributed by atoms with Crippen LogP contribution in [0.5, 0.6) is 5.75 Å². The van der Waals surface area contributed by atoms with E-state index in [4.69, 9.17) is 4.52 Å². The van der Waals surface area contributed by atoms with E-state index in [1.165, 1.54) is 0 Å². The van der Waals surface area contributed by atoms with Gasteiger partial charge in [-0.1, -0.05) is 5.16 Å². The van der Waals surface area contributed by atoms with Gasteiger partial charge in [-0.25, -0.2) is 0 Å². The molecular formula is C13H15N3O2. The van der Waals surface area contributed by atoms with E-state index < -0.39 is 0 Å². The van der Waals surface area contributed by atoms with Gasteiger partial charge in [0, 0.05) is 5.56 Å². The first-order chi connectivity index (χ1) is 8.74. The van der Waals surface area contributed by atoms with Gasteiger partial charge in [0.2, 0.25) is 11.7 Å². The van der Waals surface area contributed by atoms with Crippen molar-refractivity contribution in [3.8, 4) is 17.1 Å². The maximum Gasteiger partial charge on any atom is 0.244 e. The molecular weight excluding hydrogens is 230 g/mol. The molecule has 0 bridgehead atoms. The quantitative estimate of drug-likeness (QED) is 0.878. The minimum Gasteiger partial charge on any atom is -0.508 e. The molecule has 1 aromatic carbocycles. The molecule has 1 aromatic heterocycles. The van der Waals surface area contributed by atoms with Gasteiger partial charge in [0.05, 0.1) is 6.04 Å². The van der Waals surface area contributed by atoms with Crippen molar-refractivity contribution in [1.29, 1.82) is 0 Å². The second-order valence-corrected chi connectivity index (χ2v) is 4.64. The van der Waals surface area contributed by atoms with E-state index >= 15 is 0 Å². The summed E-state index contributed by atoms with van der Waals surface area (Å²) in [7, 11) is 2.07. The fourth-order valence-electron chi connectivity index (χ4n) is 2.32. The Kier molecular flexibility index (Phi) is 2.76. The number of hydrogen-bond donors (Lipinski definition) is 1. The lowest BCUT2D eigenvalue weighted by molar-refractivity contribution is 0.245. The van der Waals surface area contributed by atoms with Crippen molar-refractivity contribution < 1.29 is 9.63 Å². The number of benzene rings is 1. The molecule has 1 atom stereocenters. The number of phenols is 1. The Morgan fingerprint density at radius 2 is 2.11 bits per heavy atom. The van der Waals surface area contributed by atoms with E-state index in [9.17, 15) is 5.11 Å². The van der Waals surface area contributed by atoms with E-state index in [2.05, 4.69) is 22.1 Å². The van der Waals surface area contributed by atoms with Gasteiger partial charge in [-0.05, 0) is 50.7 Å². The summed E-state index contributed by atoms with van der Waals surface area (Å²) >= 11 is 0. The Bertz CT molecular complexity index is 535. The largest absolute Gasteiger partial charge is 0.508 e. The van der Waals surface area contributed by atoms with Crippen LogP contribution in [0.1, 0.15) is 24.8 Å². The molecule has 1 aliphatic heterocycles. The number of nitrogens with zero attached hydrogens (tertiary/aromatic N) is 3. The van der Waals surface area contributed by atoms with Crippen molar-refractivity contribution in [2.75, 3.05) is 13.6 Å². The molecule has 0 radical (unpaired) electrons. The third-order valence-corrected chi connectivity index (χ3v) is 3.37. The molecule has 1 aliphatic rings. The van der Waals surface area contributed by atoms with Gasteiger partial charge >= 0.3 is 0 Å². The smallest absolute Gasteiger partial charge is 0.244 e. The molecule has 3 rings (SSSR count). The highest BCUT2D eigenvalue weighted by Gasteiger charge is 2.27. The van der Waals surface area contributed by atoms with Crippen LogP contribution in [0.15, 0.2) is 28.8 Å². The maximum atomic E-state index is 9.25. The molecule has 1 N–H and O–H groups in total. The average molecular weight is 245 g/mol. The molecule has 5 heteroatoms. The summed E-state index contributed by atoms with van der Waals surface area (Å²) in [6.07, 6.45) is 2.23. The lowest BCUT2D eigenvalue weighted by atomic mass is 10.2. The van der Waals surface area contributed by atoms with Crippen LogP contribution in [-0.4, -0.2) is 33.7 Å². The molecule has 1 fully saturated rings. The summed E-state index contributed by atoms with van der Waals surface area (Å²) in [6, 6.07) is 7.04. The molecule has 2 aromatic rings. The minimum absolute atomic E-state index is 0.234. The van der Waals surface area contributed by atoms with Crippen molar-refractivity contribution in [1.82, 2.24) is 15.0 Å². The number of hydrogen-bond acceptors (Lipinski definition) is 5. The Morgan fingerprint density at radius 3 is 2.78 bits per heavy atom. The summed E-state index contributed by atoms with van der Waals surface area (Å²) in [5.74, 6) is 1.49. The normalized spacial score (nSPS) is 20.4. The lowest BCUT2D eigenvalue weighted by Crippen LogP contribution is -2.17. The highest BCUT2D eigenvalue weighted by Crippen LogP contribution is 2.30. The van der Waals surface area contributed by atoms with Gasteiger partial charge in [0.25, 0.3) is 0 Å². The maximum absolute atomic E-state index is 9.25. The molecule has 2 heterocycles. The fraction of sp³-hybridized carbons (Fsp3) is 0.385. The Hall–Kier alpha value is -1.88. The van der Waals surface area contributed by atoms with Crippen LogP contribution < -0.4 is 0 Å². The summed E-state index contributed by atoms with van der Waals surface area (Å²) in [5, 5.41) is 13.2. The number of aromatic nitrogens is 2. The second-order valence-electron chi connectivity index (χ2n) is 4.64. The van der Waals surface area contributed by atoms with Crippen LogP contribution in [0, 0.1) is 0 Å². The summed E-state index contributed by atoms with van der Waals surface area (Å²) < 4.78 is 5.34. The van der Waals surface area contributed by atoms with Crippen molar-refractivity contribution in [3.05, 3.63) is 30.2 Å². The zero-order valence-electron chi connectivity index (χ0n) is 10.2. The standard InChI is InChI=1S/C13H15N3O2/c1-16-8-2-3-11(16)13-14-12(15-18-13)9-4-6-10(17)7-5-9/h4-7,11,17H,2-3,8H2,1H3. The molecule has 1 unspecified atom stereocenters. The molecule has 5 nitrogen and oxygen atoms in total. The molecule has 94 valence electrons. The van der Waals surface area contributed by atoms with E-state index in [1.807, 2.05) is 0 Å². The first-order valence-electron chi connectivity index (χ1n) is 6.07. The SMILES string of the molecule is CN1CCCC1c1nc(-c2ccc(O)cc2)no1. The average Bonchev–Trinajstić information content (AvgIpc) is 2.98. The Labute approximate surface area is 105 Å². The van der Waals surface area contributed by atoms with E-state index in [0.717, 1.165) is 24.9 Å². The zero-order chi connectivity index (χ0) is 12.5. The van der Waals surface area contributed by atoms with Crippen LogP contribution >= 0.6 is 0 Å². The third kappa shape index (κ3) is 1.97. The van der Waals surface area contributed by atoms with Gasteiger partial charge < -0.3 is 9.63 Å². The number of phenolic OH excluding ortho intramolecular Hbond substituents is 1. The Balaban J connectivity index is 1.87. The number of likely N-dealkylation sites (tertiary alicyclic amines) is 1. The second kappa shape index (κ2) is 4.42. The van der Waals surface area contributed by atoms with Crippen LogP contribution in [0.3, 0.4) is 0 Å². The van der Waals surface area contributed by atoms with E-state index in [0.29, 0.717) is 11.7 Å². The van der Waals surface area contributed by atoms with Gasteiger partial charge in [-0.3, -0.25) is 4.90 Å². The highest BCUT2D eigenvalue weighted by molar-refractivity contribution is 5.55. The van der Waals surface area contributed by atoms with Crippen LogP contribution in [0.25, 0.3) is 11.4 Å². The molecule has 0 spiro atoms. The van der Waals surface area contributed by atoms with E-state index in [1.54, 1.807) is 24.3 Å². The summed E-state index contributed by atoms with van der Waals surface area (Å²) in [5.41, 5.74) is 0.850. The highest BCUT2D eigenvalue weighted by atomic mass is 16.5. The third-order valence-electron chi connectivity index (χ3n) is 3.37. The zero-order valence-corrected chi connectivity index (χ0v) is 10.2. The van der Waals surface area contributed by atoms with E-state index in [-0.39, 0.29) is 11.8 Å². The summed E-state index contributed by atoms with van der Waals surface area (Å²) in [4.78, 5) is 6.67. The predicted molar refractivity (Wildman–Crippen MR) is 66.0 cm³/mol.